The van der Waals surface area contributed by atoms with Gasteiger partial charge in [-0.1, -0.05) is 52.1 Å². The smallest absolute Gasteiger partial charge is 0.254 e. The highest BCUT2D eigenvalue weighted by Crippen LogP contribution is 2.13. The minimum absolute atomic E-state index is 0.442. The fourth-order valence-corrected chi connectivity index (χ4v) is 2.99. The van der Waals surface area contributed by atoms with Gasteiger partial charge in [-0.3, -0.25) is 0 Å². The number of aromatic amines is 1. The Kier molecular flexibility index (Phi) is 3.81. The second-order valence-corrected chi connectivity index (χ2v) is 5.64. The molecular weight excluding hydrogens is 219 g/mol. The molecule has 2 rings (SSSR count). The van der Waals surface area contributed by atoms with Crippen molar-refractivity contribution in [3.63, 3.8) is 0 Å². The molecule has 1 N–H and O–H groups in total. The summed E-state index contributed by atoms with van der Waals surface area (Å²) in [4.78, 5) is 5.84. The first-order chi connectivity index (χ1) is 8.50. The Morgan fingerprint density at radius 1 is 1.06 bits per heavy atom. The predicted molar refractivity (Wildman–Crippen MR) is 81.7 cm³/mol. The van der Waals surface area contributed by atoms with Crippen LogP contribution in [0.3, 0.4) is 0 Å². The molecule has 18 heavy (non-hydrogen) atoms. The predicted octanol–water partition coefficient (Wildman–Crippen LogP) is 3.12. The molecule has 1 aromatic heterocycles. The van der Waals surface area contributed by atoms with Gasteiger partial charge in [-0.2, -0.15) is 0 Å². The molecule has 0 fully saturated rings. The van der Waals surface area contributed by atoms with Gasteiger partial charge in [0.2, 0.25) is 0 Å². The summed E-state index contributed by atoms with van der Waals surface area (Å²) in [5, 5.41) is 1.28. The number of nitrogens with zero attached hydrogens (tertiary/aromatic N) is 1. The molecule has 0 saturated heterocycles. The average molecular weight is 242 g/mol. The maximum atomic E-state index is 3.29. The van der Waals surface area contributed by atoms with Crippen LogP contribution in [0.2, 0.25) is 6.82 Å². The molecule has 1 aromatic carbocycles. The SMILES string of the molecule is CB(c1ccc2cc[nH]c2c1)N(C(C)C)C(C)C. The van der Waals surface area contributed by atoms with E-state index in [1.807, 2.05) is 6.20 Å². The van der Waals surface area contributed by atoms with E-state index in [1.165, 1.54) is 16.4 Å². The van der Waals surface area contributed by atoms with Crippen molar-refractivity contribution in [1.29, 1.82) is 0 Å². The molecular formula is C15H23BN2. The van der Waals surface area contributed by atoms with Crippen molar-refractivity contribution >= 4 is 23.2 Å². The van der Waals surface area contributed by atoms with Gasteiger partial charge in [-0.15, -0.1) is 0 Å². The minimum Gasteiger partial charge on any atom is -0.361 e. The number of hydrogen-bond donors (Lipinski definition) is 1. The van der Waals surface area contributed by atoms with Crippen LogP contribution in [0.15, 0.2) is 30.5 Å². The Labute approximate surface area is 110 Å². The first kappa shape index (κ1) is 13.2. The highest BCUT2D eigenvalue weighted by molar-refractivity contribution is 6.69. The maximum Gasteiger partial charge on any atom is 0.254 e. The summed E-state index contributed by atoms with van der Waals surface area (Å²) in [7, 11) is 0. The van der Waals surface area contributed by atoms with Crippen molar-refractivity contribution < 1.29 is 0 Å². The monoisotopic (exact) mass is 242 g/mol. The third-order valence-corrected chi connectivity index (χ3v) is 3.70. The molecule has 2 aromatic rings. The van der Waals surface area contributed by atoms with E-state index >= 15 is 0 Å². The number of rotatable bonds is 4. The van der Waals surface area contributed by atoms with Gasteiger partial charge in [0.25, 0.3) is 6.85 Å². The highest BCUT2D eigenvalue weighted by Gasteiger charge is 2.24. The summed E-state index contributed by atoms with van der Waals surface area (Å²) in [6.07, 6.45) is 2.00. The standard InChI is InChI=1S/C15H23BN2/c1-11(2)18(12(3)4)16(5)14-7-6-13-8-9-17-15(13)10-14/h6-12,17H,1-5H3. The summed E-state index contributed by atoms with van der Waals surface area (Å²) < 4.78 is 0. The van der Waals surface area contributed by atoms with Gasteiger partial charge in [-0.05, 0) is 29.6 Å². The Bertz CT molecular complexity index is 508. The number of fused-ring (bicyclic) bond motifs is 1. The summed E-state index contributed by atoms with van der Waals surface area (Å²) in [6, 6.07) is 9.96. The van der Waals surface area contributed by atoms with E-state index in [0.717, 1.165) is 0 Å². The van der Waals surface area contributed by atoms with E-state index in [-0.39, 0.29) is 0 Å². The third-order valence-electron chi connectivity index (χ3n) is 3.70. The first-order valence-electron chi connectivity index (χ1n) is 6.85. The van der Waals surface area contributed by atoms with Gasteiger partial charge in [0.1, 0.15) is 0 Å². The van der Waals surface area contributed by atoms with Crippen molar-refractivity contribution in [3.8, 4) is 0 Å². The van der Waals surface area contributed by atoms with E-state index in [1.54, 1.807) is 0 Å². The van der Waals surface area contributed by atoms with Crippen LogP contribution < -0.4 is 5.46 Å². The van der Waals surface area contributed by atoms with Gasteiger partial charge in [0, 0.05) is 11.7 Å². The van der Waals surface area contributed by atoms with Crippen LogP contribution in [0.4, 0.5) is 0 Å². The Hall–Kier alpha value is -1.22. The van der Waals surface area contributed by atoms with Crippen LogP contribution >= 0.6 is 0 Å². The normalized spacial score (nSPS) is 12.0. The summed E-state index contributed by atoms with van der Waals surface area (Å²) in [5.74, 6) is 0. The van der Waals surface area contributed by atoms with Gasteiger partial charge >= 0.3 is 0 Å². The fourth-order valence-electron chi connectivity index (χ4n) is 2.99. The van der Waals surface area contributed by atoms with Gasteiger partial charge in [0.15, 0.2) is 0 Å². The van der Waals surface area contributed by atoms with Crippen LogP contribution in [0.25, 0.3) is 10.9 Å². The number of benzene rings is 1. The molecule has 2 nitrogen and oxygen atoms in total. The van der Waals surface area contributed by atoms with Crippen molar-refractivity contribution in [2.45, 2.75) is 46.6 Å². The fraction of sp³-hybridized carbons (Fsp3) is 0.467. The second kappa shape index (κ2) is 5.19. The Morgan fingerprint density at radius 3 is 2.33 bits per heavy atom. The van der Waals surface area contributed by atoms with E-state index < -0.39 is 0 Å². The van der Waals surface area contributed by atoms with Crippen LogP contribution in [0.5, 0.6) is 0 Å². The van der Waals surface area contributed by atoms with Crippen molar-refractivity contribution in [1.82, 2.24) is 9.79 Å². The van der Waals surface area contributed by atoms with E-state index in [4.69, 9.17) is 0 Å². The molecule has 0 amide bonds. The molecule has 0 spiro atoms. The molecule has 96 valence electrons. The Morgan fingerprint density at radius 2 is 1.72 bits per heavy atom. The summed E-state index contributed by atoms with van der Waals surface area (Å²) >= 11 is 0. The topological polar surface area (TPSA) is 19.0 Å². The second-order valence-electron chi connectivity index (χ2n) is 5.64. The molecule has 0 aliphatic rings. The van der Waals surface area contributed by atoms with Crippen LogP contribution in [-0.2, 0) is 0 Å². The van der Waals surface area contributed by atoms with Crippen LogP contribution in [-0.4, -0.2) is 28.7 Å². The number of hydrogen-bond acceptors (Lipinski definition) is 1. The minimum atomic E-state index is 0.442. The van der Waals surface area contributed by atoms with Crippen molar-refractivity contribution in [3.05, 3.63) is 30.5 Å². The lowest BCUT2D eigenvalue weighted by molar-refractivity contribution is 0.308. The first-order valence-corrected chi connectivity index (χ1v) is 6.85. The quantitative estimate of drug-likeness (QED) is 0.816. The lowest BCUT2D eigenvalue weighted by Crippen LogP contribution is -2.52. The average Bonchev–Trinajstić information content (AvgIpc) is 2.74. The highest BCUT2D eigenvalue weighted by atomic mass is 15.1. The molecule has 0 saturated carbocycles. The lowest BCUT2D eigenvalue weighted by atomic mass is 9.55. The summed E-state index contributed by atoms with van der Waals surface area (Å²) in [6.45, 7) is 11.8. The third kappa shape index (κ3) is 2.46. The summed E-state index contributed by atoms with van der Waals surface area (Å²) in [5.41, 5.74) is 2.61. The maximum absolute atomic E-state index is 3.29. The largest absolute Gasteiger partial charge is 0.361 e. The van der Waals surface area contributed by atoms with E-state index in [9.17, 15) is 0 Å². The van der Waals surface area contributed by atoms with Crippen LogP contribution in [0.1, 0.15) is 27.7 Å². The van der Waals surface area contributed by atoms with Crippen molar-refractivity contribution in [2.75, 3.05) is 0 Å². The molecule has 1 heterocycles. The number of aromatic nitrogens is 1. The molecule has 0 atom stereocenters. The number of H-pyrrole nitrogens is 1. The zero-order valence-corrected chi connectivity index (χ0v) is 12.1. The van der Waals surface area contributed by atoms with Gasteiger partial charge in [0.05, 0.1) is 0 Å². The molecule has 0 radical (unpaired) electrons. The van der Waals surface area contributed by atoms with E-state index in [0.29, 0.717) is 18.9 Å². The van der Waals surface area contributed by atoms with Crippen molar-refractivity contribution in [2.24, 2.45) is 0 Å². The molecule has 0 aliphatic heterocycles. The lowest BCUT2D eigenvalue weighted by Gasteiger charge is -2.35. The molecule has 3 heteroatoms. The Balaban J connectivity index is 2.33. The van der Waals surface area contributed by atoms with Gasteiger partial charge in [-0.25, -0.2) is 0 Å². The molecule has 0 bridgehead atoms. The van der Waals surface area contributed by atoms with Crippen LogP contribution in [0, 0.1) is 0 Å². The molecule has 0 aliphatic carbocycles. The number of nitrogens with one attached hydrogen (secondary N) is 1. The molecule has 0 unspecified atom stereocenters. The van der Waals surface area contributed by atoms with E-state index in [2.05, 4.69) is 68.6 Å². The van der Waals surface area contributed by atoms with Gasteiger partial charge < -0.3 is 9.79 Å². The zero-order chi connectivity index (χ0) is 13.3. The zero-order valence-electron chi connectivity index (χ0n) is 12.1.